The van der Waals surface area contributed by atoms with Crippen LogP contribution in [-0.4, -0.2) is 31.3 Å². The molecule has 7 heteroatoms. The van der Waals surface area contributed by atoms with Crippen molar-refractivity contribution in [1.82, 2.24) is 9.97 Å². The van der Waals surface area contributed by atoms with Gasteiger partial charge in [0.1, 0.15) is 35.2 Å². The Labute approximate surface area is 152 Å². The number of anilines is 4. The first-order valence-corrected chi connectivity index (χ1v) is 7.94. The average Bonchev–Trinajstić information content (AvgIpc) is 2.69. The number of ether oxygens (including phenoxy) is 3. The van der Waals surface area contributed by atoms with E-state index in [1.807, 2.05) is 42.5 Å². The Hall–Kier alpha value is -3.48. The lowest BCUT2D eigenvalue weighted by atomic mass is 10.2. The van der Waals surface area contributed by atoms with Crippen molar-refractivity contribution in [2.24, 2.45) is 0 Å². The number of nitrogens with one attached hydrogen (secondary N) is 2. The van der Waals surface area contributed by atoms with Crippen LogP contribution in [0, 0.1) is 0 Å². The third kappa shape index (κ3) is 4.13. The highest BCUT2D eigenvalue weighted by atomic mass is 16.5. The quantitative estimate of drug-likeness (QED) is 0.666. The molecule has 0 saturated carbocycles. The molecule has 0 spiro atoms. The van der Waals surface area contributed by atoms with Gasteiger partial charge in [0.05, 0.1) is 27.0 Å². The smallest absolute Gasteiger partial charge is 0.146 e. The van der Waals surface area contributed by atoms with Crippen molar-refractivity contribution in [3.05, 3.63) is 54.9 Å². The Morgan fingerprint density at radius 2 is 1.35 bits per heavy atom. The van der Waals surface area contributed by atoms with Crippen molar-refractivity contribution in [1.29, 1.82) is 0 Å². The average molecular weight is 352 g/mol. The summed E-state index contributed by atoms with van der Waals surface area (Å²) < 4.78 is 15.8. The number of hydrogen-bond acceptors (Lipinski definition) is 7. The van der Waals surface area contributed by atoms with Crippen molar-refractivity contribution < 1.29 is 14.2 Å². The summed E-state index contributed by atoms with van der Waals surface area (Å²) in [7, 11) is 4.86. The molecular formula is C19H20N4O3. The molecule has 0 atom stereocenters. The zero-order chi connectivity index (χ0) is 18.4. The molecule has 0 radical (unpaired) electrons. The molecule has 0 unspecified atom stereocenters. The molecule has 3 rings (SSSR count). The molecule has 134 valence electrons. The second-order valence-electron chi connectivity index (χ2n) is 5.33. The lowest BCUT2D eigenvalue weighted by Crippen LogP contribution is -2.00. The monoisotopic (exact) mass is 352 g/mol. The summed E-state index contributed by atoms with van der Waals surface area (Å²) in [5.74, 6) is 3.48. The molecule has 2 N–H and O–H groups in total. The summed E-state index contributed by atoms with van der Waals surface area (Å²) in [6.07, 6.45) is 1.49. The Balaban J connectivity index is 1.76. The zero-order valence-electron chi connectivity index (χ0n) is 14.8. The number of rotatable bonds is 7. The van der Waals surface area contributed by atoms with Gasteiger partial charge < -0.3 is 24.8 Å². The summed E-state index contributed by atoms with van der Waals surface area (Å²) in [5, 5.41) is 6.46. The molecule has 0 aliphatic heterocycles. The van der Waals surface area contributed by atoms with E-state index in [-0.39, 0.29) is 0 Å². The normalized spacial score (nSPS) is 10.1. The minimum Gasteiger partial charge on any atom is -0.497 e. The Kier molecular flexibility index (Phi) is 5.38. The van der Waals surface area contributed by atoms with E-state index in [1.165, 1.54) is 6.33 Å². The molecule has 0 saturated heterocycles. The first-order chi connectivity index (χ1) is 12.7. The molecule has 0 aliphatic rings. The van der Waals surface area contributed by atoms with Crippen LogP contribution in [-0.2, 0) is 0 Å². The van der Waals surface area contributed by atoms with E-state index in [0.29, 0.717) is 17.4 Å². The lowest BCUT2D eigenvalue weighted by Gasteiger charge is -2.13. The molecule has 1 aromatic heterocycles. The predicted octanol–water partition coefficient (Wildman–Crippen LogP) is 3.99. The van der Waals surface area contributed by atoms with Crippen LogP contribution in [0.3, 0.4) is 0 Å². The van der Waals surface area contributed by atoms with Gasteiger partial charge >= 0.3 is 0 Å². The fraction of sp³-hybridized carbons (Fsp3) is 0.158. The third-order valence-electron chi connectivity index (χ3n) is 3.70. The van der Waals surface area contributed by atoms with Crippen molar-refractivity contribution in [3.63, 3.8) is 0 Å². The van der Waals surface area contributed by atoms with Crippen LogP contribution in [0.15, 0.2) is 54.9 Å². The first kappa shape index (κ1) is 17.3. The van der Waals surface area contributed by atoms with Gasteiger partial charge in [0.2, 0.25) is 0 Å². The standard InChI is InChI=1S/C19H20N4O3/c1-24-14-6-4-13(5-7-14)22-18-11-19(21-12-20-18)23-16-9-8-15(25-2)10-17(16)26-3/h4-12H,1-3H3,(H2,20,21,22,23). The van der Waals surface area contributed by atoms with E-state index in [0.717, 1.165) is 22.9 Å². The highest BCUT2D eigenvalue weighted by Gasteiger charge is 2.07. The lowest BCUT2D eigenvalue weighted by molar-refractivity contribution is 0.395. The van der Waals surface area contributed by atoms with Crippen molar-refractivity contribution in [2.75, 3.05) is 32.0 Å². The molecule has 3 aromatic rings. The van der Waals surface area contributed by atoms with E-state index in [1.54, 1.807) is 27.4 Å². The fourth-order valence-corrected chi connectivity index (χ4v) is 2.36. The van der Waals surface area contributed by atoms with E-state index in [4.69, 9.17) is 14.2 Å². The van der Waals surface area contributed by atoms with Gasteiger partial charge in [-0.1, -0.05) is 0 Å². The Morgan fingerprint density at radius 3 is 2.00 bits per heavy atom. The summed E-state index contributed by atoms with van der Waals surface area (Å²) in [5.41, 5.74) is 1.68. The van der Waals surface area contributed by atoms with Gasteiger partial charge in [-0.15, -0.1) is 0 Å². The SMILES string of the molecule is COc1ccc(Nc2cc(Nc3ccc(OC)cc3OC)ncn2)cc1. The Bertz CT molecular complexity index is 869. The summed E-state index contributed by atoms with van der Waals surface area (Å²) in [4.78, 5) is 8.50. The molecule has 0 bridgehead atoms. The second kappa shape index (κ2) is 8.06. The first-order valence-electron chi connectivity index (χ1n) is 7.94. The number of nitrogens with zero attached hydrogens (tertiary/aromatic N) is 2. The van der Waals surface area contributed by atoms with Crippen LogP contribution in [0.2, 0.25) is 0 Å². The number of aromatic nitrogens is 2. The third-order valence-corrected chi connectivity index (χ3v) is 3.70. The Morgan fingerprint density at radius 1 is 0.692 bits per heavy atom. The maximum absolute atomic E-state index is 5.39. The van der Waals surface area contributed by atoms with Crippen LogP contribution in [0.5, 0.6) is 17.2 Å². The molecule has 0 aliphatic carbocycles. The topological polar surface area (TPSA) is 77.5 Å². The minimum atomic E-state index is 0.638. The maximum Gasteiger partial charge on any atom is 0.146 e. The molecule has 2 aromatic carbocycles. The molecule has 0 amide bonds. The van der Waals surface area contributed by atoms with Gasteiger partial charge in [-0.2, -0.15) is 0 Å². The van der Waals surface area contributed by atoms with E-state index >= 15 is 0 Å². The van der Waals surface area contributed by atoms with Gasteiger partial charge in [-0.25, -0.2) is 9.97 Å². The number of methoxy groups -OCH3 is 3. The maximum atomic E-state index is 5.39. The van der Waals surface area contributed by atoms with E-state index in [2.05, 4.69) is 20.6 Å². The predicted molar refractivity (Wildman–Crippen MR) is 101 cm³/mol. The van der Waals surface area contributed by atoms with Gasteiger partial charge in [0.15, 0.2) is 0 Å². The van der Waals surface area contributed by atoms with Crippen molar-refractivity contribution in [3.8, 4) is 17.2 Å². The van der Waals surface area contributed by atoms with Gasteiger partial charge in [-0.05, 0) is 36.4 Å². The molecular weight excluding hydrogens is 332 g/mol. The highest BCUT2D eigenvalue weighted by molar-refractivity contribution is 5.68. The van der Waals surface area contributed by atoms with Crippen LogP contribution < -0.4 is 24.8 Å². The molecule has 7 nitrogen and oxygen atoms in total. The minimum absolute atomic E-state index is 0.638. The molecule has 1 heterocycles. The molecule has 0 fully saturated rings. The number of benzene rings is 2. The largest absolute Gasteiger partial charge is 0.497 e. The van der Waals surface area contributed by atoms with Crippen LogP contribution in [0.1, 0.15) is 0 Å². The highest BCUT2D eigenvalue weighted by Crippen LogP contribution is 2.31. The van der Waals surface area contributed by atoms with Crippen molar-refractivity contribution >= 4 is 23.0 Å². The summed E-state index contributed by atoms with van der Waals surface area (Å²) in [6.45, 7) is 0. The van der Waals surface area contributed by atoms with E-state index < -0.39 is 0 Å². The zero-order valence-corrected chi connectivity index (χ0v) is 14.8. The van der Waals surface area contributed by atoms with Gasteiger partial charge in [0, 0.05) is 17.8 Å². The van der Waals surface area contributed by atoms with Gasteiger partial charge in [0.25, 0.3) is 0 Å². The van der Waals surface area contributed by atoms with Crippen LogP contribution in [0.4, 0.5) is 23.0 Å². The van der Waals surface area contributed by atoms with Crippen LogP contribution >= 0.6 is 0 Å². The fourth-order valence-electron chi connectivity index (χ4n) is 2.36. The molecule has 26 heavy (non-hydrogen) atoms. The number of hydrogen-bond donors (Lipinski definition) is 2. The van der Waals surface area contributed by atoms with Gasteiger partial charge in [-0.3, -0.25) is 0 Å². The summed E-state index contributed by atoms with van der Waals surface area (Å²) in [6, 6.07) is 14.9. The second-order valence-corrected chi connectivity index (χ2v) is 5.33. The van der Waals surface area contributed by atoms with Crippen LogP contribution in [0.25, 0.3) is 0 Å². The summed E-state index contributed by atoms with van der Waals surface area (Å²) >= 11 is 0. The van der Waals surface area contributed by atoms with Crippen molar-refractivity contribution in [2.45, 2.75) is 0 Å². The van der Waals surface area contributed by atoms with E-state index in [9.17, 15) is 0 Å².